The van der Waals surface area contributed by atoms with Gasteiger partial charge in [0.1, 0.15) is 5.60 Å². The lowest BCUT2D eigenvalue weighted by molar-refractivity contribution is 0.0295. The van der Waals surface area contributed by atoms with Crippen molar-refractivity contribution in [1.29, 1.82) is 5.26 Å². The van der Waals surface area contributed by atoms with Crippen LogP contribution in [-0.2, 0) is 4.74 Å². The maximum atomic E-state index is 11.6. The molecule has 3 N–H and O–H groups in total. The number of hydrogen-bond donors (Lipinski definition) is 3. The summed E-state index contributed by atoms with van der Waals surface area (Å²) in [4.78, 5) is 11.6. The fraction of sp³-hybridized carbons (Fsp3) is 0.385. The number of nitrogens with zero attached hydrogens (tertiary/aromatic N) is 1. The highest BCUT2D eigenvalue weighted by atomic mass is 16.5. The Bertz CT molecular complexity index is 487. The van der Waals surface area contributed by atoms with Crippen LogP contribution in [0.25, 0.3) is 0 Å². The van der Waals surface area contributed by atoms with E-state index >= 15 is 0 Å². The van der Waals surface area contributed by atoms with Crippen LogP contribution < -0.4 is 10.6 Å². The van der Waals surface area contributed by atoms with E-state index in [0.717, 1.165) is 0 Å². The second kappa shape index (κ2) is 5.69. The van der Waals surface area contributed by atoms with E-state index < -0.39 is 11.6 Å². The Hall–Kier alpha value is -2.10. The SMILES string of the molecule is N#Cc1ccc(NC(=O)NCC2(O)CCOC2)cc1. The summed E-state index contributed by atoms with van der Waals surface area (Å²) in [6, 6.07) is 8.13. The van der Waals surface area contributed by atoms with Gasteiger partial charge in [0, 0.05) is 18.7 Å². The first kappa shape index (κ1) is 13.3. The summed E-state index contributed by atoms with van der Waals surface area (Å²) in [6.07, 6.45) is 0.518. The fourth-order valence-corrected chi connectivity index (χ4v) is 1.78. The van der Waals surface area contributed by atoms with Crippen molar-refractivity contribution in [2.75, 3.05) is 25.1 Å². The highest BCUT2D eigenvalue weighted by Gasteiger charge is 2.32. The van der Waals surface area contributed by atoms with E-state index in [1.165, 1.54) is 0 Å². The van der Waals surface area contributed by atoms with Crippen molar-refractivity contribution in [1.82, 2.24) is 5.32 Å². The molecule has 0 bridgehead atoms. The van der Waals surface area contributed by atoms with Gasteiger partial charge in [0.25, 0.3) is 0 Å². The van der Waals surface area contributed by atoms with E-state index in [1.54, 1.807) is 24.3 Å². The number of hydrogen-bond acceptors (Lipinski definition) is 4. The van der Waals surface area contributed by atoms with Crippen molar-refractivity contribution in [3.05, 3.63) is 29.8 Å². The van der Waals surface area contributed by atoms with Crippen molar-refractivity contribution < 1.29 is 14.6 Å². The molecule has 0 aliphatic carbocycles. The second-order valence-electron chi connectivity index (χ2n) is 4.52. The largest absolute Gasteiger partial charge is 0.386 e. The molecule has 1 aliphatic heterocycles. The average Bonchev–Trinajstić information content (AvgIpc) is 2.85. The molecule has 0 aromatic heterocycles. The monoisotopic (exact) mass is 261 g/mol. The van der Waals surface area contributed by atoms with E-state index in [-0.39, 0.29) is 13.2 Å². The minimum Gasteiger partial charge on any atom is -0.386 e. The summed E-state index contributed by atoms with van der Waals surface area (Å²) in [5.41, 5.74) is 0.150. The van der Waals surface area contributed by atoms with E-state index in [1.807, 2.05) is 6.07 Å². The van der Waals surface area contributed by atoms with Crippen LogP contribution in [0.4, 0.5) is 10.5 Å². The van der Waals surface area contributed by atoms with Crippen molar-refractivity contribution in [2.24, 2.45) is 0 Å². The van der Waals surface area contributed by atoms with Crippen molar-refractivity contribution >= 4 is 11.7 Å². The molecule has 100 valence electrons. The molecule has 6 nitrogen and oxygen atoms in total. The van der Waals surface area contributed by atoms with Gasteiger partial charge >= 0.3 is 6.03 Å². The first-order valence-electron chi connectivity index (χ1n) is 5.96. The Labute approximate surface area is 111 Å². The molecule has 1 aromatic rings. The summed E-state index contributed by atoms with van der Waals surface area (Å²) in [5.74, 6) is 0. The molecule has 1 fully saturated rings. The standard InChI is InChI=1S/C13H15N3O3/c14-7-10-1-3-11(4-2-10)16-12(17)15-8-13(18)5-6-19-9-13/h1-4,18H,5-6,8-9H2,(H2,15,16,17). The summed E-state index contributed by atoms with van der Waals surface area (Å²) in [6.45, 7) is 0.897. The normalized spacial score (nSPS) is 21.7. The van der Waals surface area contributed by atoms with Crippen LogP contribution in [-0.4, -0.2) is 36.5 Å². The van der Waals surface area contributed by atoms with Gasteiger partial charge in [-0.1, -0.05) is 0 Å². The molecule has 0 spiro atoms. The number of benzene rings is 1. The number of amides is 2. The maximum Gasteiger partial charge on any atom is 0.319 e. The molecule has 1 aliphatic rings. The van der Waals surface area contributed by atoms with Crippen LogP contribution in [0.2, 0.25) is 0 Å². The Morgan fingerprint density at radius 2 is 2.21 bits per heavy atom. The topological polar surface area (TPSA) is 94.4 Å². The summed E-state index contributed by atoms with van der Waals surface area (Å²) < 4.78 is 5.08. The number of rotatable bonds is 3. The highest BCUT2D eigenvalue weighted by molar-refractivity contribution is 5.89. The molecule has 1 unspecified atom stereocenters. The zero-order chi connectivity index (χ0) is 13.7. The van der Waals surface area contributed by atoms with Gasteiger partial charge in [0.05, 0.1) is 24.8 Å². The zero-order valence-corrected chi connectivity index (χ0v) is 10.3. The average molecular weight is 261 g/mol. The molecule has 1 saturated heterocycles. The Morgan fingerprint density at radius 3 is 2.79 bits per heavy atom. The van der Waals surface area contributed by atoms with Crippen molar-refractivity contribution in [3.63, 3.8) is 0 Å². The van der Waals surface area contributed by atoms with Crippen LogP contribution in [0.5, 0.6) is 0 Å². The number of aliphatic hydroxyl groups is 1. The molecule has 0 saturated carbocycles. The fourth-order valence-electron chi connectivity index (χ4n) is 1.78. The predicted molar refractivity (Wildman–Crippen MR) is 68.6 cm³/mol. The van der Waals surface area contributed by atoms with Crippen molar-refractivity contribution in [3.8, 4) is 6.07 Å². The zero-order valence-electron chi connectivity index (χ0n) is 10.3. The van der Waals surface area contributed by atoms with E-state index in [2.05, 4.69) is 10.6 Å². The number of nitrogens with one attached hydrogen (secondary N) is 2. The third kappa shape index (κ3) is 3.68. The molecule has 2 rings (SSSR count). The lowest BCUT2D eigenvalue weighted by Gasteiger charge is -2.20. The molecule has 1 aromatic carbocycles. The van der Waals surface area contributed by atoms with Gasteiger partial charge in [-0.15, -0.1) is 0 Å². The first-order chi connectivity index (χ1) is 9.11. The van der Waals surface area contributed by atoms with E-state index in [4.69, 9.17) is 10.00 Å². The van der Waals surface area contributed by atoms with Gasteiger partial charge in [0.15, 0.2) is 0 Å². The molecule has 6 heteroatoms. The van der Waals surface area contributed by atoms with Crippen molar-refractivity contribution in [2.45, 2.75) is 12.0 Å². The number of anilines is 1. The lowest BCUT2D eigenvalue weighted by Crippen LogP contribution is -2.44. The molecule has 1 atom stereocenters. The maximum absolute atomic E-state index is 11.6. The number of urea groups is 1. The van der Waals surface area contributed by atoms with Crippen LogP contribution in [0, 0.1) is 11.3 Å². The molecule has 19 heavy (non-hydrogen) atoms. The molecule has 1 heterocycles. The Kier molecular flexibility index (Phi) is 4.00. The van der Waals surface area contributed by atoms with Crippen LogP contribution >= 0.6 is 0 Å². The third-order valence-corrected chi connectivity index (χ3v) is 2.93. The van der Waals surface area contributed by atoms with Gasteiger partial charge in [-0.25, -0.2) is 4.79 Å². The van der Waals surface area contributed by atoms with Gasteiger partial charge < -0.3 is 20.5 Å². The molecular formula is C13H15N3O3. The number of nitriles is 1. The quantitative estimate of drug-likeness (QED) is 0.751. The third-order valence-electron chi connectivity index (χ3n) is 2.93. The van der Waals surface area contributed by atoms with E-state index in [9.17, 15) is 9.90 Å². The first-order valence-corrected chi connectivity index (χ1v) is 5.96. The summed E-state index contributed by atoms with van der Waals surface area (Å²) in [5, 5.41) is 23.8. The molecule has 0 radical (unpaired) electrons. The minimum absolute atomic E-state index is 0.148. The van der Waals surface area contributed by atoms with Gasteiger partial charge in [-0.2, -0.15) is 5.26 Å². The molecule has 2 amide bonds. The van der Waals surface area contributed by atoms with E-state index in [0.29, 0.717) is 24.3 Å². The van der Waals surface area contributed by atoms with Crippen LogP contribution in [0.15, 0.2) is 24.3 Å². The summed E-state index contributed by atoms with van der Waals surface area (Å²) in [7, 11) is 0. The van der Waals surface area contributed by atoms with Gasteiger partial charge in [0.2, 0.25) is 0 Å². The van der Waals surface area contributed by atoms with Gasteiger partial charge in [-0.3, -0.25) is 0 Å². The molecular weight excluding hydrogens is 246 g/mol. The predicted octanol–water partition coefficient (Wildman–Crippen LogP) is 0.831. The number of ether oxygens (including phenoxy) is 1. The summed E-state index contributed by atoms with van der Waals surface area (Å²) >= 11 is 0. The lowest BCUT2D eigenvalue weighted by atomic mass is 10.0. The van der Waals surface area contributed by atoms with Crippen LogP contribution in [0.1, 0.15) is 12.0 Å². The second-order valence-corrected chi connectivity index (χ2v) is 4.52. The number of carbonyl (C=O) groups is 1. The van der Waals surface area contributed by atoms with Crippen LogP contribution in [0.3, 0.4) is 0 Å². The smallest absolute Gasteiger partial charge is 0.319 e. The Morgan fingerprint density at radius 1 is 1.47 bits per heavy atom. The highest BCUT2D eigenvalue weighted by Crippen LogP contribution is 2.17. The number of carbonyl (C=O) groups excluding carboxylic acids is 1. The van der Waals surface area contributed by atoms with Gasteiger partial charge in [-0.05, 0) is 24.3 Å². The Balaban J connectivity index is 1.82. The minimum atomic E-state index is -0.970.